The Bertz CT molecular complexity index is 593. The summed E-state index contributed by atoms with van der Waals surface area (Å²) >= 11 is 1.70. The fraction of sp³-hybridized carbons (Fsp3) is 0.667. The highest BCUT2D eigenvalue weighted by molar-refractivity contribution is 7.11. The number of carbonyl (C=O) groups is 1. The van der Waals surface area contributed by atoms with Crippen LogP contribution in [0.15, 0.2) is 4.99 Å². The number of aromatic nitrogens is 1. The Hall–Kier alpha value is -1.63. The van der Waals surface area contributed by atoms with Gasteiger partial charge in [0.05, 0.1) is 23.8 Å². The fourth-order valence-corrected chi connectivity index (χ4v) is 3.75. The summed E-state index contributed by atoms with van der Waals surface area (Å²) in [6.07, 6.45) is 2.34. The van der Waals surface area contributed by atoms with Gasteiger partial charge in [-0.15, -0.1) is 11.3 Å². The van der Waals surface area contributed by atoms with Crippen molar-refractivity contribution < 1.29 is 4.79 Å². The number of aliphatic imine (C=N–C) groups is 1. The standard InChI is InChI=1S/C15H23N5OS/c1-10-13(22-11(2)18-10)8-17-15(16-3)19-6-7-20(12-4-5-12)14(21)9-19/h12H,4-9H2,1-3H3,(H,16,17). The number of nitrogens with one attached hydrogen (secondary N) is 1. The normalized spacial score (nSPS) is 19.8. The molecular formula is C15H23N5OS. The molecule has 1 aromatic heterocycles. The SMILES string of the molecule is CN=C(NCc1sc(C)nc1C)N1CCN(C2CC2)C(=O)C1. The van der Waals surface area contributed by atoms with E-state index in [0.717, 1.165) is 29.8 Å². The van der Waals surface area contributed by atoms with Gasteiger partial charge in [-0.2, -0.15) is 0 Å². The Morgan fingerprint density at radius 2 is 2.18 bits per heavy atom. The predicted molar refractivity (Wildman–Crippen MR) is 88.1 cm³/mol. The van der Waals surface area contributed by atoms with Gasteiger partial charge >= 0.3 is 0 Å². The van der Waals surface area contributed by atoms with E-state index in [1.54, 1.807) is 18.4 Å². The van der Waals surface area contributed by atoms with E-state index in [4.69, 9.17) is 0 Å². The van der Waals surface area contributed by atoms with Crippen LogP contribution in [0.4, 0.5) is 0 Å². The Morgan fingerprint density at radius 1 is 1.41 bits per heavy atom. The smallest absolute Gasteiger partial charge is 0.242 e. The summed E-state index contributed by atoms with van der Waals surface area (Å²) in [5, 5.41) is 4.45. The van der Waals surface area contributed by atoms with Crippen molar-refractivity contribution >= 4 is 23.2 Å². The van der Waals surface area contributed by atoms with Gasteiger partial charge in [-0.1, -0.05) is 0 Å². The van der Waals surface area contributed by atoms with Crippen LogP contribution in [0.25, 0.3) is 0 Å². The minimum absolute atomic E-state index is 0.224. The van der Waals surface area contributed by atoms with Crippen molar-refractivity contribution in [3.05, 3.63) is 15.6 Å². The largest absolute Gasteiger partial charge is 0.351 e. The number of carbonyl (C=O) groups excluding carboxylic acids is 1. The van der Waals surface area contributed by atoms with E-state index >= 15 is 0 Å². The molecule has 0 atom stereocenters. The van der Waals surface area contributed by atoms with Crippen LogP contribution in [-0.4, -0.2) is 59.4 Å². The molecule has 1 N–H and O–H groups in total. The number of thiazole rings is 1. The van der Waals surface area contributed by atoms with Gasteiger partial charge in [0.15, 0.2) is 5.96 Å². The lowest BCUT2D eigenvalue weighted by Gasteiger charge is -2.36. The second-order valence-electron chi connectivity index (χ2n) is 5.88. The van der Waals surface area contributed by atoms with Crippen molar-refractivity contribution in [2.24, 2.45) is 4.99 Å². The number of hydrogen-bond acceptors (Lipinski definition) is 4. The van der Waals surface area contributed by atoms with Gasteiger partial charge < -0.3 is 15.1 Å². The quantitative estimate of drug-likeness (QED) is 0.670. The molecule has 1 saturated carbocycles. The molecule has 1 aromatic rings. The molecular weight excluding hydrogens is 298 g/mol. The number of nitrogens with zero attached hydrogens (tertiary/aromatic N) is 4. The van der Waals surface area contributed by atoms with E-state index in [9.17, 15) is 4.79 Å². The molecule has 0 spiro atoms. The summed E-state index contributed by atoms with van der Waals surface area (Å²) in [5.74, 6) is 1.02. The fourth-order valence-electron chi connectivity index (χ4n) is 2.87. The number of aryl methyl sites for hydroxylation is 2. The first-order chi connectivity index (χ1) is 10.6. The van der Waals surface area contributed by atoms with E-state index in [1.165, 1.54) is 17.7 Å². The minimum Gasteiger partial charge on any atom is -0.351 e. The van der Waals surface area contributed by atoms with E-state index in [0.29, 0.717) is 19.1 Å². The number of guanidine groups is 1. The zero-order valence-corrected chi connectivity index (χ0v) is 14.2. The zero-order chi connectivity index (χ0) is 15.7. The lowest BCUT2D eigenvalue weighted by molar-refractivity contribution is -0.135. The first kappa shape index (κ1) is 15.3. The summed E-state index contributed by atoms with van der Waals surface area (Å²) in [6.45, 7) is 6.84. The Labute approximate surface area is 135 Å². The van der Waals surface area contributed by atoms with Crippen molar-refractivity contribution in [1.82, 2.24) is 20.1 Å². The predicted octanol–water partition coefficient (Wildman–Crippen LogP) is 1.14. The van der Waals surface area contributed by atoms with Crippen LogP contribution in [0.2, 0.25) is 0 Å². The maximum atomic E-state index is 12.2. The maximum absolute atomic E-state index is 12.2. The molecule has 0 unspecified atom stereocenters. The molecule has 3 rings (SSSR count). The molecule has 0 radical (unpaired) electrons. The van der Waals surface area contributed by atoms with Crippen LogP contribution in [0, 0.1) is 13.8 Å². The first-order valence-corrected chi connectivity index (χ1v) is 8.58. The van der Waals surface area contributed by atoms with Crippen molar-refractivity contribution in [3.63, 3.8) is 0 Å². The third-order valence-corrected chi connectivity index (χ3v) is 5.24. The number of piperazine rings is 1. The molecule has 2 aliphatic rings. The average molecular weight is 321 g/mol. The Morgan fingerprint density at radius 3 is 2.73 bits per heavy atom. The van der Waals surface area contributed by atoms with E-state index in [2.05, 4.69) is 15.3 Å². The molecule has 6 nitrogen and oxygen atoms in total. The Balaban J connectivity index is 1.58. The molecule has 1 saturated heterocycles. The van der Waals surface area contributed by atoms with Crippen molar-refractivity contribution in [3.8, 4) is 0 Å². The summed E-state index contributed by atoms with van der Waals surface area (Å²) in [7, 11) is 1.77. The second kappa shape index (κ2) is 6.24. The molecule has 2 heterocycles. The average Bonchev–Trinajstić information content (AvgIpc) is 3.26. The highest BCUT2D eigenvalue weighted by Crippen LogP contribution is 2.28. The second-order valence-corrected chi connectivity index (χ2v) is 7.17. The van der Waals surface area contributed by atoms with Crippen LogP contribution in [0.1, 0.15) is 28.4 Å². The molecule has 0 bridgehead atoms. The molecule has 7 heteroatoms. The van der Waals surface area contributed by atoms with Crippen molar-refractivity contribution in [1.29, 1.82) is 0 Å². The monoisotopic (exact) mass is 321 g/mol. The number of hydrogen-bond donors (Lipinski definition) is 1. The van der Waals surface area contributed by atoms with E-state index < -0.39 is 0 Å². The molecule has 1 aliphatic carbocycles. The summed E-state index contributed by atoms with van der Waals surface area (Å²) in [5.41, 5.74) is 1.07. The van der Waals surface area contributed by atoms with Gasteiger partial charge in [-0.05, 0) is 26.7 Å². The molecule has 2 fully saturated rings. The topological polar surface area (TPSA) is 60.8 Å². The zero-order valence-electron chi connectivity index (χ0n) is 13.4. The van der Waals surface area contributed by atoms with Gasteiger partial charge in [0.2, 0.25) is 5.91 Å². The van der Waals surface area contributed by atoms with Gasteiger partial charge in [0.1, 0.15) is 0 Å². The lowest BCUT2D eigenvalue weighted by atomic mass is 10.3. The van der Waals surface area contributed by atoms with Crippen LogP contribution >= 0.6 is 11.3 Å². The van der Waals surface area contributed by atoms with Crippen molar-refractivity contribution in [2.75, 3.05) is 26.7 Å². The number of rotatable bonds is 3. The van der Waals surface area contributed by atoms with Gasteiger partial charge in [0.25, 0.3) is 0 Å². The van der Waals surface area contributed by atoms with Crippen LogP contribution < -0.4 is 5.32 Å². The molecule has 22 heavy (non-hydrogen) atoms. The highest BCUT2D eigenvalue weighted by atomic mass is 32.1. The first-order valence-electron chi connectivity index (χ1n) is 7.76. The lowest BCUT2D eigenvalue weighted by Crippen LogP contribution is -2.55. The molecule has 1 aliphatic heterocycles. The van der Waals surface area contributed by atoms with Crippen molar-refractivity contribution in [2.45, 2.75) is 39.3 Å². The third kappa shape index (κ3) is 3.24. The van der Waals surface area contributed by atoms with E-state index in [1.807, 2.05) is 23.6 Å². The van der Waals surface area contributed by atoms with Crippen LogP contribution in [-0.2, 0) is 11.3 Å². The van der Waals surface area contributed by atoms with Crippen LogP contribution in [0.3, 0.4) is 0 Å². The summed E-state index contributed by atoms with van der Waals surface area (Å²) in [4.78, 5) is 26.3. The van der Waals surface area contributed by atoms with Gasteiger partial charge in [0, 0.05) is 31.1 Å². The van der Waals surface area contributed by atoms with Gasteiger partial charge in [-0.25, -0.2) is 4.98 Å². The van der Waals surface area contributed by atoms with Crippen LogP contribution in [0.5, 0.6) is 0 Å². The molecule has 1 amide bonds. The molecule has 120 valence electrons. The Kier molecular flexibility index (Phi) is 4.33. The molecule has 0 aromatic carbocycles. The maximum Gasteiger partial charge on any atom is 0.242 e. The summed E-state index contributed by atoms with van der Waals surface area (Å²) in [6, 6.07) is 0.507. The minimum atomic E-state index is 0.224. The number of amides is 1. The highest BCUT2D eigenvalue weighted by Gasteiger charge is 2.36. The summed E-state index contributed by atoms with van der Waals surface area (Å²) < 4.78 is 0. The van der Waals surface area contributed by atoms with E-state index in [-0.39, 0.29) is 5.91 Å². The third-order valence-electron chi connectivity index (χ3n) is 4.16. The van der Waals surface area contributed by atoms with Gasteiger partial charge in [-0.3, -0.25) is 9.79 Å².